The van der Waals surface area contributed by atoms with E-state index in [1.54, 1.807) is 19.1 Å². The van der Waals surface area contributed by atoms with Crippen molar-refractivity contribution >= 4 is 18.4 Å². The zero-order valence-corrected chi connectivity index (χ0v) is 16.8. The van der Waals surface area contributed by atoms with Crippen LogP contribution in [-0.2, 0) is 20.4 Å². The van der Waals surface area contributed by atoms with E-state index in [1.807, 2.05) is 0 Å². The predicted molar refractivity (Wildman–Crippen MR) is 109 cm³/mol. The molecule has 0 saturated carbocycles. The maximum Gasteiger partial charge on any atom is 0.333 e. The fourth-order valence-electron chi connectivity index (χ4n) is 3.38. The molecule has 1 aromatic rings. The number of ether oxygens (including phenoxy) is 1. The number of anilines is 1. The van der Waals surface area contributed by atoms with Gasteiger partial charge >= 0.3 is 5.97 Å². The topological polar surface area (TPSA) is 50.7 Å². The smallest absolute Gasteiger partial charge is 0.333 e. The molecule has 0 radical (unpaired) electrons. The molecular weight excluding hydrogens is 324 g/mol. The summed E-state index contributed by atoms with van der Waals surface area (Å²) in [6.45, 7) is 14.5. The fraction of sp³-hybridized carbons (Fsp3) is 0.455. The molecule has 0 unspecified atom stereocenters. The second-order valence-corrected chi connectivity index (χ2v) is 8.20. The van der Waals surface area contributed by atoms with Gasteiger partial charge in [0.25, 0.3) is 0 Å². The summed E-state index contributed by atoms with van der Waals surface area (Å²) >= 11 is 0. The lowest BCUT2D eigenvalue weighted by Gasteiger charge is -2.42. The van der Waals surface area contributed by atoms with Crippen LogP contribution < -0.4 is 5.32 Å². The van der Waals surface area contributed by atoms with Gasteiger partial charge < -0.3 is 10.1 Å². The van der Waals surface area contributed by atoms with E-state index in [4.69, 9.17) is 4.74 Å². The minimum absolute atomic E-state index is 0.148. The maximum atomic E-state index is 11.5. The summed E-state index contributed by atoms with van der Waals surface area (Å²) in [7, 11) is 1.37. The highest BCUT2D eigenvalue weighted by Crippen LogP contribution is 2.46. The number of nitrogens with one attached hydrogen (secondary N) is 1. The molecule has 0 aliphatic heterocycles. The first-order chi connectivity index (χ1) is 12.1. The molecule has 26 heavy (non-hydrogen) atoms. The summed E-state index contributed by atoms with van der Waals surface area (Å²) in [5.74, 6) is 0.225. The van der Waals surface area contributed by atoms with Crippen molar-refractivity contribution in [3.63, 3.8) is 0 Å². The zero-order valence-electron chi connectivity index (χ0n) is 16.8. The molecule has 1 aromatic carbocycles. The molecule has 0 bridgehead atoms. The summed E-state index contributed by atoms with van der Waals surface area (Å²) in [6.07, 6.45) is 5.76. The summed E-state index contributed by atoms with van der Waals surface area (Å²) in [5.41, 5.74) is 4.61. The number of fused-ring (bicyclic) bond motifs is 1. The third-order valence-electron chi connectivity index (χ3n) is 5.29. The van der Waals surface area contributed by atoms with Gasteiger partial charge in [-0.15, -0.1) is 0 Å². The van der Waals surface area contributed by atoms with E-state index in [1.165, 1.54) is 31.1 Å². The molecule has 1 N–H and O–H groups in total. The van der Waals surface area contributed by atoms with Crippen molar-refractivity contribution in [2.24, 2.45) is 4.99 Å². The van der Waals surface area contributed by atoms with E-state index in [0.717, 1.165) is 5.69 Å². The average Bonchev–Trinajstić information content (AvgIpc) is 2.61. The lowest BCUT2D eigenvalue weighted by atomic mass is 9.63. The van der Waals surface area contributed by atoms with E-state index in [2.05, 4.69) is 62.9 Å². The summed E-state index contributed by atoms with van der Waals surface area (Å²) in [4.78, 5) is 15.5. The largest absolute Gasteiger partial charge is 0.466 e. The van der Waals surface area contributed by atoms with Gasteiger partial charge in [0, 0.05) is 11.3 Å². The molecular formula is C22H30N2O2. The normalized spacial score (nSPS) is 18.7. The number of allylic oxidation sites excluding steroid dienone is 2. The molecule has 0 atom stereocenters. The van der Waals surface area contributed by atoms with Gasteiger partial charge in [-0.1, -0.05) is 33.8 Å². The SMILES string of the molecule is C=N/C(=C\C=C(/C)C(=O)OC)Nc1ccc2c(c1)C(C)(C)CCC2(C)C. The van der Waals surface area contributed by atoms with Crippen molar-refractivity contribution in [1.29, 1.82) is 0 Å². The Kier molecular flexibility index (Phi) is 5.74. The molecule has 1 aliphatic rings. The van der Waals surface area contributed by atoms with Crippen molar-refractivity contribution in [1.82, 2.24) is 0 Å². The molecule has 2 rings (SSSR count). The number of rotatable bonds is 5. The van der Waals surface area contributed by atoms with Gasteiger partial charge in [-0.3, -0.25) is 0 Å². The van der Waals surface area contributed by atoms with Crippen LogP contribution in [0.25, 0.3) is 0 Å². The monoisotopic (exact) mass is 354 g/mol. The Hall–Kier alpha value is -2.36. The number of benzene rings is 1. The van der Waals surface area contributed by atoms with Crippen molar-refractivity contribution in [3.8, 4) is 0 Å². The third kappa shape index (κ3) is 4.24. The van der Waals surface area contributed by atoms with Crippen LogP contribution in [0.3, 0.4) is 0 Å². The van der Waals surface area contributed by atoms with Crippen LogP contribution in [0.2, 0.25) is 0 Å². The lowest BCUT2D eigenvalue weighted by molar-refractivity contribution is -0.136. The van der Waals surface area contributed by atoms with Crippen LogP contribution >= 0.6 is 0 Å². The summed E-state index contributed by atoms with van der Waals surface area (Å²) in [6, 6.07) is 6.51. The van der Waals surface area contributed by atoms with E-state index in [9.17, 15) is 4.79 Å². The van der Waals surface area contributed by atoms with E-state index in [0.29, 0.717) is 11.4 Å². The van der Waals surface area contributed by atoms with Gasteiger partial charge in [0.05, 0.1) is 7.11 Å². The molecule has 0 saturated heterocycles. The van der Waals surface area contributed by atoms with Gasteiger partial charge in [-0.2, -0.15) is 0 Å². The van der Waals surface area contributed by atoms with Crippen LogP contribution in [-0.4, -0.2) is 19.8 Å². The van der Waals surface area contributed by atoms with Gasteiger partial charge in [-0.05, 0) is 72.7 Å². The van der Waals surface area contributed by atoms with E-state index >= 15 is 0 Å². The minimum atomic E-state index is -0.359. The summed E-state index contributed by atoms with van der Waals surface area (Å²) in [5, 5.41) is 3.29. The van der Waals surface area contributed by atoms with Gasteiger partial charge in [-0.25, -0.2) is 9.79 Å². The quantitative estimate of drug-likeness (QED) is 0.346. The number of nitrogens with zero attached hydrogens (tertiary/aromatic N) is 1. The first kappa shape index (κ1) is 20.0. The molecule has 4 heteroatoms. The first-order valence-corrected chi connectivity index (χ1v) is 8.96. The number of carbonyl (C=O) groups is 1. The fourth-order valence-corrected chi connectivity index (χ4v) is 3.38. The van der Waals surface area contributed by atoms with Crippen molar-refractivity contribution < 1.29 is 9.53 Å². The molecule has 0 spiro atoms. The number of aliphatic imine (C=N–C) groups is 1. The van der Waals surface area contributed by atoms with Crippen LogP contribution in [0.15, 0.2) is 46.7 Å². The Labute approximate surface area is 157 Å². The highest BCUT2D eigenvalue weighted by atomic mass is 16.5. The molecule has 0 fully saturated rings. The van der Waals surface area contributed by atoms with E-state index in [-0.39, 0.29) is 16.8 Å². The van der Waals surface area contributed by atoms with Crippen molar-refractivity contribution in [2.45, 2.75) is 58.3 Å². The molecule has 0 heterocycles. The lowest BCUT2D eigenvalue weighted by Crippen LogP contribution is -2.33. The van der Waals surface area contributed by atoms with Crippen molar-refractivity contribution in [3.05, 3.63) is 52.9 Å². The number of hydrogen-bond donors (Lipinski definition) is 1. The Morgan fingerprint density at radius 1 is 1.15 bits per heavy atom. The molecule has 4 nitrogen and oxygen atoms in total. The molecule has 0 aromatic heterocycles. The number of esters is 1. The zero-order chi connectivity index (χ0) is 19.5. The Morgan fingerprint density at radius 3 is 2.35 bits per heavy atom. The molecule has 0 amide bonds. The second-order valence-electron chi connectivity index (χ2n) is 8.20. The Bertz CT molecular complexity index is 770. The second kappa shape index (κ2) is 7.48. The Morgan fingerprint density at radius 2 is 1.77 bits per heavy atom. The number of carbonyl (C=O) groups excluding carboxylic acids is 1. The van der Waals surface area contributed by atoms with Crippen LogP contribution in [0.4, 0.5) is 5.69 Å². The minimum Gasteiger partial charge on any atom is -0.466 e. The molecule has 1 aliphatic carbocycles. The molecule has 140 valence electrons. The van der Waals surface area contributed by atoms with Gasteiger partial charge in [0.2, 0.25) is 0 Å². The van der Waals surface area contributed by atoms with Crippen LogP contribution in [0, 0.1) is 0 Å². The number of hydrogen-bond acceptors (Lipinski definition) is 4. The third-order valence-corrected chi connectivity index (χ3v) is 5.29. The Balaban J connectivity index is 2.33. The first-order valence-electron chi connectivity index (χ1n) is 8.96. The van der Waals surface area contributed by atoms with Crippen LogP contribution in [0.1, 0.15) is 58.6 Å². The van der Waals surface area contributed by atoms with E-state index < -0.39 is 0 Å². The predicted octanol–water partition coefficient (Wildman–Crippen LogP) is 5.11. The maximum absolute atomic E-state index is 11.5. The summed E-state index contributed by atoms with van der Waals surface area (Å²) < 4.78 is 4.70. The van der Waals surface area contributed by atoms with Gasteiger partial charge in [0.1, 0.15) is 5.82 Å². The van der Waals surface area contributed by atoms with Crippen molar-refractivity contribution in [2.75, 3.05) is 12.4 Å². The highest BCUT2D eigenvalue weighted by Gasteiger charge is 2.36. The van der Waals surface area contributed by atoms with Crippen LogP contribution in [0.5, 0.6) is 0 Å². The van der Waals surface area contributed by atoms with Gasteiger partial charge in [0.15, 0.2) is 0 Å². The standard InChI is InChI=1S/C22H30N2O2/c1-15(20(25)26-7)8-11-19(23-6)24-16-9-10-17-18(14-16)22(4,5)13-12-21(17,2)3/h8-11,14,24H,6,12-13H2,1-5,7H3/b15-8+,19-11+. The number of methoxy groups -OCH3 is 1. The highest BCUT2D eigenvalue weighted by molar-refractivity contribution is 5.88. The average molecular weight is 354 g/mol.